The molecular formula is C11H21N3O4. The topological polar surface area (TPSA) is 96.5 Å². The zero-order chi connectivity index (χ0) is 14.0. The Morgan fingerprint density at radius 2 is 1.89 bits per heavy atom. The summed E-state index contributed by atoms with van der Waals surface area (Å²) in [4.78, 5) is 33.6. The molecule has 3 amide bonds. The van der Waals surface area contributed by atoms with E-state index in [0.717, 1.165) is 0 Å². The van der Waals surface area contributed by atoms with Crippen LogP contribution in [0.2, 0.25) is 0 Å². The summed E-state index contributed by atoms with van der Waals surface area (Å²) in [6.07, 6.45) is 0.187. The van der Waals surface area contributed by atoms with Gasteiger partial charge in [-0.3, -0.25) is 14.9 Å². The average molecular weight is 259 g/mol. The Morgan fingerprint density at radius 1 is 1.22 bits per heavy atom. The van der Waals surface area contributed by atoms with Crippen LogP contribution in [-0.2, 0) is 14.3 Å². The molecule has 0 aliphatic rings. The molecule has 0 aliphatic carbocycles. The lowest BCUT2D eigenvalue weighted by Crippen LogP contribution is -2.48. The second-order valence-electron chi connectivity index (χ2n) is 3.58. The van der Waals surface area contributed by atoms with E-state index in [1.807, 2.05) is 0 Å². The molecule has 1 atom stereocenters. The van der Waals surface area contributed by atoms with Crippen molar-refractivity contribution in [1.29, 1.82) is 0 Å². The van der Waals surface area contributed by atoms with Crippen molar-refractivity contribution in [3.63, 3.8) is 0 Å². The van der Waals surface area contributed by atoms with Crippen LogP contribution in [0.5, 0.6) is 0 Å². The van der Waals surface area contributed by atoms with E-state index in [0.29, 0.717) is 19.7 Å². The van der Waals surface area contributed by atoms with Crippen molar-refractivity contribution in [1.82, 2.24) is 16.0 Å². The third-order valence-corrected chi connectivity index (χ3v) is 2.05. The molecule has 0 aromatic heterocycles. The van der Waals surface area contributed by atoms with E-state index in [1.165, 1.54) is 0 Å². The summed E-state index contributed by atoms with van der Waals surface area (Å²) in [5.74, 6) is -0.758. The number of urea groups is 1. The molecule has 0 aromatic carbocycles. The molecule has 7 nitrogen and oxygen atoms in total. The highest BCUT2D eigenvalue weighted by molar-refractivity contribution is 5.96. The number of amides is 3. The second-order valence-corrected chi connectivity index (χ2v) is 3.58. The highest BCUT2D eigenvalue weighted by Crippen LogP contribution is 1.87. The highest BCUT2D eigenvalue weighted by atomic mass is 16.5. The van der Waals surface area contributed by atoms with Crippen LogP contribution in [0, 0.1) is 0 Å². The van der Waals surface area contributed by atoms with E-state index in [4.69, 9.17) is 4.74 Å². The SMILES string of the molecule is CCNC(=O)NC(=O)C(C)NCCC(=O)OCC. The molecule has 1 unspecified atom stereocenters. The number of carbonyl (C=O) groups excluding carboxylic acids is 3. The number of ether oxygens (including phenoxy) is 1. The van der Waals surface area contributed by atoms with E-state index in [2.05, 4.69) is 16.0 Å². The molecule has 0 fully saturated rings. The van der Waals surface area contributed by atoms with Crippen molar-refractivity contribution in [2.24, 2.45) is 0 Å². The van der Waals surface area contributed by atoms with Crippen LogP contribution >= 0.6 is 0 Å². The molecule has 7 heteroatoms. The van der Waals surface area contributed by atoms with Gasteiger partial charge >= 0.3 is 12.0 Å². The lowest BCUT2D eigenvalue weighted by molar-refractivity contribution is -0.143. The fraction of sp³-hybridized carbons (Fsp3) is 0.727. The lowest BCUT2D eigenvalue weighted by atomic mass is 10.3. The molecule has 0 aromatic rings. The van der Waals surface area contributed by atoms with Crippen molar-refractivity contribution < 1.29 is 19.1 Å². The van der Waals surface area contributed by atoms with E-state index in [1.54, 1.807) is 20.8 Å². The minimum atomic E-state index is -0.554. The van der Waals surface area contributed by atoms with Gasteiger partial charge in [0.1, 0.15) is 0 Å². The summed E-state index contributed by atoms with van der Waals surface area (Å²) in [7, 11) is 0. The molecule has 104 valence electrons. The molecule has 3 N–H and O–H groups in total. The number of carbonyl (C=O) groups is 3. The van der Waals surface area contributed by atoms with Gasteiger partial charge in [-0.2, -0.15) is 0 Å². The van der Waals surface area contributed by atoms with Gasteiger partial charge in [0.05, 0.1) is 19.1 Å². The fourth-order valence-electron chi connectivity index (χ4n) is 1.14. The van der Waals surface area contributed by atoms with Gasteiger partial charge in [0.25, 0.3) is 0 Å². The molecule has 0 spiro atoms. The zero-order valence-corrected chi connectivity index (χ0v) is 11.0. The number of rotatable bonds is 7. The molecule has 0 aliphatic heterocycles. The van der Waals surface area contributed by atoms with Gasteiger partial charge in [-0.25, -0.2) is 4.79 Å². The van der Waals surface area contributed by atoms with E-state index in [9.17, 15) is 14.4 Å². The Balaban J connectivity index is 3.81. The summed E-state index contributed by atoms with van der Waals surface area (Å²) >= 11 is 0. The predicted molar refractivity (Wildman–Crippen MR) is 65.9 cm³/mol. The maximum atomic E-state index is 11.5. The number of hydrogen-bond acceptors (Lipinski definition) is 5. The van der Waals surface area contributed by atoms with Crippen LogP contribution in [-0.4, -0.2) is 43.6 Å². The summed E-state index contributed by atoms with van der Waals surface area (Å²) in [5, 5.41) is 7.45. The van der Waals surface area contributed by atoms with Crippen LogP contribution in [0.25, 0.3) is 0 Å². The fourth-order valence-corrected chi connectivity index (χ4v) is 1.14. The van der Waals surface area contributed by atoms with Gasteiger partial charge < -0.3 is 15.4 Å². The number of nitrogens with one attached hydrogen (secondary N) is 3. The lowest BCUT2D eigenvalue weighted by Gasteiger charge is -2.13. The molecule has 0 saturated heterocycles. The minimum absolute atomic E-state index is 0.187. The molecule has 18 heavy (non-hydrogen) atoms. The first-order valence-electron chi connectivity index (χ1n) is 5.98. The molecule has 0 heterocycles. The summed E-state index contributed by atoms with van der Waals surface area (Å²) in [6.45, 7) is 6.21. The highest BCUT2D eigenvalue weighted by Gasteiger charge is 2.15. The Labute approximate surface area is 107 Å². The zero-order valence-electron chi connectivity index (χ0n) is 11.0. The van der Waals surface area contributed by atoms with Crippen LogP contribution < -0.4 is 16.0 Å². The average Bonchev–Trinajstić information content (AvgIpc) is 2.29. The molecular weight excluding hydrogens is 238 g/mol. The van der Waals surface area contributed by atoms with Gasteiger partial charge in [-0.1, -0.05) is 0 Å². The predicted octanol–water partition coefficient (Wildman–Crippen LogP) is -0.237. The van der Waals surface area contributed by atoms with E-state index in [-0.39, 0.29) is 12.4 Å². The minimum Gasteiger partial charge on any atom is -0.466 e. The largest absolute Gasteiger partial charge is 0.466 e. The first kappa shape index (κ1) is 16.4. The van der Waals surface area contributed by atoms with Crippen molar-refractivity contribution in [2.45, 2.75) is 33.2 Å². The quantitative estimate of drug-likeness (QED) is 0.548. The second kappa shape index (κ2) is 9.41. The van der Waals surface area contributed by atoms with Crippen molar-refractivity contribution in [2.75, 3.05) is 19.7 Å². The van der Waals surface area contributed by atoms with Gasteiger partial charge in [0.15, 0.2) is 0 Å². The Bertz CT molecular complexity index is 294. The maximum Gasteiger partial charge on any atom is 0.321 e. The molecule has 0 rings (SSSR count). The third-order valence-electron chi connectivity index (χ3n) is 2.05. The van der Waals surface area contributed by atoms with Crippen LogP contribution in [0.4, 0.5) is 4.79 Å². The molecule has 0 bridgehead atoms. The van der Waals surface area contributed by atoms with Gasteiger partial charge in [-0.15, -0.1) is 0 Å². The van der Waals surface area contributed by atoms with Gasteiger partial charge in [0, 0.05) is 13.1 Å². The van der Waals surface area contributed by atoms with Gasteiger partial charge in [0.2, 0.25) is 5.91 Å². The number of esters is 1. The summed E-state index contributed by atoms with van der Waals surface area (Å²) < 4.78 is 4.74. The smallest absolute Gasteiger partial charge is 0.321 e. The van der Waals surface area contributed by atoms with Crippen LogP contribution in [0.15, 0.2) is 0 Å². The summed E-state index contributed by atoms with van der Waals surface area (Å²) in [6, 6.07) is -1.08. The Hall–Kier alpha value is -1.63. The molecule has 0 saturated carbocycles. The van der Waals surface area contributed by atoms with E-state index >= 15 is 0 Å². The maximum absolute atomic E-state index is 11.5. The number of hydrogen-bond donors (Lipinski definition) is 3. The van der Waals surface area contributed by atoms with Crippen molar-refractivity contribution in [3.8, 4) is 0 Å². The van der Waals surface area contributed by atoms with Crippen LogP contribution in [0.3, 0.4) is 0 Å². The number of imide groups is 1. The van der Waals surface area contributed by atoms with Gasteiger partial charge in [-0.05, 0) is 20.8 Å². The summed E-state index contributed by atoms with van der Waals surface area (Å²) in [5.41, 5.74) is 0. The first-order chi connectivity index (χ1) is 8.51. The molecule has 0 radical (unpaired) electrons. The van der Waals surface area contributed by atoms with Crippen molar-refractivity contribution in [3.05, 3.63) is 0 Å². The van der Waals surface area contributed by atoms with Crippen LogP contribution in [0.1, 0.15) is 27.2 Å². The Morgan fingerprint density at radius 3 is 2.44 bits per heavy atom. The first-order valence-corrected chi connectivity index (χ1v) is 5.98. The standard InChI is InChI=1S/C11H21N3O4/c1-4-12-11(17)14-10(16)8(3)13-7-6-9(15)18-5-2/h8,13H,4-7H2,1-3H3,(H2,12,14,16,17). The van der Waals surface area contributed by atoms with E-state index < -0.39 is 18.0 Å². The Kier molecular flexibility index (Phi) is 8.55. The monoisotopic (exact) mass is 259 g/mol. The van der Waals surface area contributed by atoms with Crippen molar-refractivity contribution >= 4 is 17.9 Å². The normalized spacial score (nSPS) is 11.5. The third kappa shape index (κ3) is 7.61.